The second-order valence-corrected chi connectivity index (χ2v) is 7.55. The van der Waals surface area contributed by atoms with Crippen LogP contribution in [0, 0.1) is 0 Å². The molecule has 0 saturated heterocycles. The Balaban J connectivity index is 0. The van der Waals surface area contributed by atoms with Crippen LogP contribution in [0.15, 0.2) is 37.4 Å². The minimum Gasteiger partial charge on any atom is -0.726 e. The van der Waals surface area contributed by atoms with Gasteiger partial charge in [0.2, 0.25) is 33.5 Å². The minimum atomic E-state index is -4.42. The molecule has 0 unspecified atom stereocenters. The number of rotatable bonds is 6. The van der Waals surface area contributed by atoms with Crippen molar-refractivity contribution in [3.63, 3.8) is 0 Å². The highest BCUT2D eigenvalue weighted by molar-refractivity contribution is 7.81. The van der Waals surface area contributed by atoms with Crippen molar-refractivity contribution in [2.75, 3.05) is 13.2 Å². The van der Waals surface area contributed by atoms with E-state index in [1.807, 2.05) is 35.6 Å². The summed E-state index contributed by atoms with van der Waals surface area (Å²) in [4.78, 5) is 0. The normalized spacial score (nSPS) is 10.7. The van der Waals surface area contributed by atoms with E-state index in [0.717, 1.165) is 13.1 Å². The molecule has 2 aromatic rings. The van der Waals surface area contributed by atoms with E-state index in [4.69, 9.17) is 0 Å². The molecule has 0 aliphatic carbocycles. The van der Waals surface area contributed by atoms with Gasteiger partial charge >= 0.3 is 0 Å². The fraction of sp³-hybridized carbons (Fsp3) is 0.625. The fourth-order valence-corrected chi connectivity index (χ4v) is 2.24. The summed E-state index contributed by atoms with van der Waals surface area (Å²) in [7, 11) is -4.81. The summed E-state index contributed by atoms with van der Waals surface area (Å²) in [6.07, 6.45) is 12.3. The number of imidazole rings is 2. The highest BCUT2D eigenvalue weighted by Crippen LogP contribution is 1.82. The van der Waals surface area contributed by atoms with Crippen molar-refractivity contribution in [2.24, 2.45) is 14.1 Å². The highest BCUT2D eigenvalue weighted by Gasteiger charge is 1.93. The molecule has 0 aliphatic rings. The molecule has 0 amide bonds. The minimum absolute atomic E-state index is 0.0914. The molecule has 2 aromatic heterocycles. The summed E-state index contributed by atoms with van der Waals surface area (Å²) in [5.41, 5.74) is 0. The van der Waals surface area contributed by atoms with Crippen molar-refractivity contribution in [2.45, 2.75) is 40.8 Å². The first kappa shape index (κ1) is 30.4. The first-order chi connectivity index (χ1) is 13.8. The van der Waals surface area contributed by atoms with Crippen LogP contribution in [-0.2, 0) is 56.3 Å². The van der Waals surface area contributed by atoms with E-state index in [0.29, 0.717) is 0 Å². The van der Waals surface area contributed by atoms with E-state index >= 15 is 0 Å². The van der Waals surface area contributed by atoms with Crippen LogP contribution in [0.5, 0.6) is 0 Å². The molecule has 12 nitrogen and oxygen atoms in total. The van der Waals surface area contributed by atoms with Gasteiger partial charge in [-0.15, -0.1) is 0 Å². The van der Waals surface area contributed by atoms with Crippen LogP contribution in [0.4, 0.5) is 0 Å². The molecule has 0 aromatic carbocycles. The molecule has 0 fully saturated rings. The third-order valence-electron chi connectivity index (χ3n) is 2.90. The lowest BCUT2D eigenvalue weighted by Crippen LogP contribution is -2.23. The lowest BCUT2D eigenvalue weighted by atomic mass is 10.7. The summed E-state index contributed by atoms with van der Waals surface area (Å²) in [6, 6.07) is 0. The predicted molar refractivity (Wildman–Crippen MR) is 105 cm³/mol. The van der Waals surface area contributed by atoms with Gasteiger partial charge in [0.05, 0.1) is 40.4 Å². The molecular weight excluding hydrogens is 440 g/mol. The molecule has 0 bridgehead atoms. The molecule has 14 heteroatoms. The summed E-state index contributed by atoms with van der Waals surface area (Å²) in [5.74, 6) is 0. The van der Waals surface area contributed by atoms with E-state index < -0.39 is 20.8 Å². The van der Waals surface area contributed by atoms with Crippen LogP contribution in [0.2, 0.25) is 0 Å². The third-order valence-corrected chi connectivity index (χ3v) is 3.95. The summed E-state index contributed by atoms with van der Waals surface area (Å²) in [5, 5.41) is 0. The Morgan fingerprint density at radius 2 is 1.03 bits per heavy atom. The van der Waals surface area contributed by atoms with E-state index in [9.17, 15) is 25.9 Å². The molecule has 0 aliphatic heterocycles. The van der Waals surface area contributed by atoms with Gasteiger partial charge in [0.25, 0.3) is 0 Å². The number of aromatic nitrogens is 4. The van der Waals surface area contributed by atoms with Gasteiger partial charge in [-0.05, 0) is 27.7 Å². The molecule has 30 heavy (non-hydrogen) atoms. The number of nitrogens with zero attached hydrogens (tertiary/aromatic N) is 4. The topological polar surface area (TPSA) is 150 Å². The van der Waals surface area contributed by atoms with Crippen molar-refractivity contribution in [3.05, 3.63) is 37.4 Å². The van der Waals surface area contributed by atoms with Crippen LogP contribution in [-0.4, -0.2) is 48.3 Å². The zero-order chi connectivity index (χ0) is 23.8. The van der Waals surface area contributed by atoms with Gasteiger partial charge in [-0.3, -0.25) is 8.37 Å². The Bertz CT molecular complexity index is 818. The number of hydrogen-bond donors (Lipinski definition) is 0. The van der Waals surface area contributed by atoms with Crippen molar-refractivity contribution < 1.29 is 43.4 Å². The molecule has 0 spiro atoms. The average Bonchev–Trinajstić information content (AvgIpc) is 3.22. The van der Waals surface area contributed by atoms with Gasteiger partial charge in [-0.1, -0.05) is 0 Å². The van der Waals surface area contributed by atoms with E-state index in [1.54, 1.807) is 0 Å². The maximum Gasteiger partial charge on any atom is 0.243 e. The number of aryl methyl sites for hydroxylation is 4. The molecule has 0 radical (unpaired) electrons. The monoisotopic (exact) mass is 472 g/mol. The zero-order valence-corrected chi connectivity index (χ0v) is 19.8. The van der Waals surface area contributed by atoms with Gasteiger partial charge in [-0.25, -0.2) is 35.1 Å². The van der Waals surface area contributed by atoms with Gasteiger partial charge in [0, 0.05) is 0 Å². The third kappa shape index (κ3) is 20.9. The Hall–Kier alpha value is -1.84. The van der Waals surface area contributed by atoms with Crippen molar-refractivity contribution in [3.8, 4) is 0 Å². The predicted octanol–water partition coefficient (Wildman–Crippen LogP) is -0.369. The quantitative estimate of drug-likeness (QED) is 0.314. The first-order valence-electron chi connectivity index (χ1n) is 9.00. The smallest absolute Gasteiger partial charge is 0.243 e. The summed E-state index contributed by atoms with van der Waals surface area (Å²) < 4.78 is 72.3. The average molecular weight is 473 g/mol. The first-order valence-corrected chi connectivity index (χ1v) is 11.7. The fourth-order valence-electron chi connectivity index (χ4n) is 1.67. The molecule has 176 valence electrons. The van der Waals surface area contributed by atoms with Crippen LogP contribution >= 0.6 is 0 Å². The summed E-state index contributed by atoms with van der Waals surface area (Å²) in [6.45, 7) is 9.03. The van der Waals surface area contributed by atoms with E-state index in [-0.39, 0.29) is 13.2 Å². The van der Waals surface area contributed by atoms with Crippen molar-refractivity contribution in [1.29, 1.82) is 0 Å². The van der Waals surface area contributed by atoms with Gasteiger partial charge in [0.1, 0.15) is 24.8 Å². The van der Waals surface area contributed by atoms with E-state index in [2.05, 4.69) is 56.4 Å². The molecule has 0 saturated carbocycles. The Morgan fingerprint density at radius 1 is 0.733 bits per heavy atom. The highest BCUT2D eigenvalue weighted by atomic mass is 32.3. The number of hydrogen-bond acceptors (Lipinski definition) is 8. The second kappa shape index (κ2) is 15.9. The van der Waals surface area contributed by atoms with Crippen LogP contribution in [0.1, 0.15) is 27.7 Å². The molecule has 0 atom stereocenters. The molecule has 2 rings (SSSR count). The Labute approximate surface area is 179 Å². The molecule has 0 N–H and O–H groups in total. The van der Waals surface area contributed by atoms with Gasteiger partial charge < -0.3 is 9.11 Å². The lowest BCUT2D eigenvalue weighted by molar-refractivity contribution is -0.671. The Morgan fingerprint density at radius 3 is 1.10 bits per heavy atom. The zero-order valence-electron chi connectivity index (χ0n) is 18.2. The van der Waals surface area contributed by atoms with Gasteiger partial charge in [0.15, 0.2) is 0 Å². The largest absolute Gasteiger partial charge is 0.726 e. The second-order valence-electron chi connectivity index (χ2n) is 5.45. The van der Waals surface area contributed by atoms with Crippen molar-refractivity contribution >= 4 is 20.8 Å². The maximum atomic E-state index is 9.45. The van der Waals surface area contributed by atoms with Crippen LogP contribution < -0.4 is 9.13 Å². The van der Waals surface area contributed by atoms with E-state index in [1.165, 1.54) is 13.8 Å². The van der Waals surface area contributed by atoms with Crippen molar-refractivity contribution in [1.82, 2.24) is 9.13 Å². The SMILES string of the molecule is CCOS(=O)(=O)[O-].CCOS(=O)(=O)[O-].CCn1cc[n+](C)c1.CCn1cc[n+](C)c1. The lowest BCUT2D eigenvalue weighted by Gasteiger charge is -2.02. The Kier molecular flexibility index (Phi) is 16.1. The molecular formula is C16H32N4O8S2. The summed E-state index contributed by atoms with van der Waals surface area (Å²) >= 11 is 0. The van der Waals surface area contributed by atoms with Crippen LogP contribution in [0.3, 0.4) is 0 Å². The standard InChI is InChI=1S/2C6H11N2.2C2H6O4S/c2*1-3-8-5-4-7(2)6-8;2*1-2-6-7(3,4)5/h2*4-6H,3H2,1-2H3;2*2H2,1H3,(H,3,4,5)/q2*+1;;/p-2. The maximum absolute atomic E-state index is 9.45. The van der Waals surface area contributed by atoms with Gasteiger partial charge in [-0.2, -0.15) is 0 Å². The van der Waals surface area contributed by atoms with Crippen LogP contribution in [0.25, 0.3) is 0 Å². The molecule has 2 heterocycles.